The highest BCUT2D eigenvalue weighted by Gasteiger charge is 2.24. The van der Waals surface area contributed by atoms with Gasteiger partial charge < -0.3 is 16.0 Å². The lowest BCUT2D eigenvalue weighted by Gasteiger charge is -2.33. The lowest BCUT2D eigenvalue weighted by Crippen LogP contribution is -2.48. The zero-order valence-electron chi connectivity index (χ0n) is 12.7. The van der Waals surface area contributed by atoms with E-state index in [4.69, 9.17) is 5.73 Å². The van der Waals surface area contributed by atoms with Crippen LogP contribution in [0, 0.1) is 11.8 Å². The summed E-state index contributed by atoms with van der Waals surface area (Å²) in [6, 6.07) is 0.185. The summed E-state index contributed by atoms with van der Waals surface area (Å²) < 4.78 is 0. The zero-order chi connectivity index (χ0) is 14.4. The molecule has 0 aromatic carbocycles. The molecule has 1 fully saturated rings. The Balaban J connectivity index is 0.00000361. The van der Waals surface area contributed by atoms with Crippen molar-refractivity contribution in [1.29, 1.82) is 0 Å². The number of nitrogens with two attached hydrogens (primary N) is 1. The Kier molecular flexibility index (Phi) is 8.81. The Bertz CT molecular complexity index is 316. The smallest absolute Gasteiger partial charge is 0.224 e. The Hall–Kier alpha value is -0.810. The van der Waals surface area contributed by atoms with Crippen molar-refractivity contribution in [3.8, 4) is 0 Å². The highest BCUT2D eigenvalue weighted by atomic mass is 35.5. The molecule has 1 aliphatic heterocycles. The topological polar surface area (TPSA) is 75.4 Å². The van der Waals surface area contributed by atoms with E-state index in [0.29, 0.717) is 18.9 Å². The number of rotatable bonds is 5. The molecule has 1 rings (SSSR count). The molecule has 3 N–H and O–H groups in total. The van der Waals surface area contributed by atoms with E-state index < -0.39 is 0 Å². The molecule has 0 spiro atoms. The van der Waals surface area contributed by atoms with Gasteiger partial charge in [0.1, 0.15) is 0 Å². The van der Waals surface area contributed by atoms with Gasteiger partial charge in [-0.15, -0.1) is 12.4 Å². The quantitative estimate of drug-likeness (QED) is 0.800. The number of likely N-dealkylation sites (tertiary alicyclic amines) is 1. The minimum Gasteiger partial charge on any atom is -0.353 e. The van der Waals surface area contributed by atoms with E-state index in [1.165, 1.54) is 0 Å². The monoisotopic (exact) mass is 305 g/mol. The second kappa shape index (κ2) is 9.19. The molecular weight excluding hydrogens is 278 g/mol. The van der Waals surface area contributed by atoms with Gasteiger partial charge in [-0.25, -0.2) is 0 Å². The summed E-state index contributed by atoms with van der Waals surface area (Å²) in [7, 11) is 0. The highest BCUT2D eigenvalue weighted by Crippen LogP contribution is 2.14. The number of carbonyl (C=O) groups excluding carboxylic acids is 2. The summed E-state index contributed by atoms with van der Waals surface area (Å²) in [6.45, 7) is 7.80. The molecule has 2 amide bonds. The van der Waals surface area contributed by atoms with Crippen LogP contribution in [0.1, 0.15) is 40.0 Å². The first kappa shape index (κ1) is 19.2. The maximum Gasteiger partial charge on any atom is 0.224 e. The molecule has 0 aromatic rings. The van der Waals surface area contributed by atoms with E-state index in [-0.39, 0.29) is 36.2 Å². The zero-order valence-corrected chi connectivity index (χ0v) is 13.5. The molecule has 1 unspecified atom stereocenters. The van der Waals surface area contributed by atoms with Crippen molar-refractivity contribution < 1.29 is 9.59 Å². The van der Waals surface area contributed by atoms with E-state index in [1.807, 2.05) is 11.8 Å². The number of halogens is 1. The molecule has 1 aliphatic rings. The maximum absolute atomic E-state index is 11.9. The van der Waals surface area contributed by atoms with Crippen LogP contribution < -0.4 is 11.1 Å². The van der Waals surface area contributed by atoms with Crippen molar-refractivity contribution in [3.63, 3.8) is 0 Å². The van der Waals surface area contributed by atoms with Crippen LogP contribution in [-0.2, 0) is 9.59 Å². The van der Waals surface area contributed by atoms with Gasteiger partial charge in [0.25, 0.3) is 0 Å². The van der Waals surface area contributed by atoms with Crippen LogP contribution in [0.2, 0.25) is 0 Å². The van der Waals surface area contributed by atoms with Gasteiger partial charge in [0.05, 0.1) is 0 Å². The van der Waals surface area contributed by atoms with Crippen LogP contribution in [0.5, 0.6) is 0 Å². The van der Waals surface area contributed by atoms with Crippen molar-refractivity contribution in [2.45, 2.75) is 46.1 Å². The van der Waals surface area contributed by atoms with E-state index in [2.05, 4.69) is 19.2 Å². The Labute approximate surface area is 128 Å². The molecule has 5 nitrogen and oxygen atoms in total. The number of piperidine rings is 1. The summed E-state index contributed by atoms with van der Waals surface area (Å²) in [4.78, 5) is 25.6. The predicted octanol–water partition coefficient (Wildman–Crippen LogP) is 1.16. The van der Waals surface area contributed by atoms with Crippen molar-refractivity contribution in [3.05, 3.63) is 0 Å². The van der Waals surface area contributed by atoms with E-state index in [0.717, 1.165) is 25.9 Å². The minimum atomic E-state index is -0.138. The third kappa shape index (κ3) is 6.09. The van der Waals surface area contributed by atoms with Crippen molar-refractivity contribution in [1.82, 2.24) is 10.2 Å². The summed E-state index contributed by atoms with van der Waals surface area (Å²) in [5.74, 6) is 0.514. The molecule has 6 heteroatoms. The van der Waals surface area contributed by atoms with Gasteiger partial charge in [0.2, 0.25) is 11.8 Å². The number of hydrogen-bond donors (Lipinski definition) is 2. The predicted molar refractivity (Wildman–Crippen MR) is 82.7 cm³/mol. The molecule has 118 valence electrons. The van der Waals surface area contributed by atoms with E-state index in [1.54, 1.807) is 0 Å². The van der Waals surface area contributed by atoms with Gasteiger partial charge in [-0.2, -0.15) is 0 Å². The molecule has 0 aromatic heterocycles. The molecule has 0 saturated carbocycles. The first-order valence-electron chi connectivity index (χ1n) is 7.22. The van der Waals surface area contributed by atoms with Gasteiger partial charge in [-0.1, -0.05) is 20.8 Å². The molecule has 1 saturated heterocycles. The SMILES string of the molecule is CC(C)CC(=O)N1CCC(NC(=O)C(C)CN)CC1.Cl. The average molecular weight is 306 g/mol. The average Bonchev–Trinajstić information content (AvgIpc) is 2.37. The van der Waals surface area contributed by atoms with Gasteiger partial charge in [0.15, 0.2) is 0 Å². The number of hydrogen-bond acceptors (Lipinski definition) is 3. The van der Waals surface area contributed by atoms with Crippen LogP contribution in [0.15, 0.2) is 0 Å². The summed E-state index contributed by atoms with van der Waals surface area (Å²) in [5, 5.41) is 3.01. The Morgan fingerprint density at radius 2 is 1.80 bits per heavy atom. The van der Waals surface area contributed by atoms with Crippen LogP contribution >= 0.6 is 12.4 Å². The fourth-order valence-electron chi connectivity index (χ4n) is 2.20. The third-order valence-corrected chi connectivity index (χ3v) is 3.58. The first-order chi connectivity index (χ1) is 8.93. The second-order valence-corrected chi connectivity index (χ2v) is 5.90. The fourth-order valence-corrected chi connectivity index (χ4v) is 2.20. The third-order valence-electron chi connectivity index (χ3n) is 3.58. The summed E-state index contributed by atoms with van der Waals surface area (Å²) >= 11 is 0. The Morgan fingerprint density at radius 1 is 1.25 bits per heavy atom. The normalized spacial score (nSPS) is 17.6. The van der Waals surface area contributed by atoms with Crippen molar-refractivity contribution in [2.75, 3.05) is 19.6 Å². The van der Waals surface area contributed by atoms with Gasteiger partial charge in [-0.3, -0.25) is 9.59 Å². The van der Waals surface area contributed by atoms with Crippen molar-refractivity contribution >= 4 is 24.2 Å². The Morgan fingerprint density at radius 3 is 2.25 bits per heavy atom. The summed E-state index contributed by atoms with van der Waals surface area (Å²) in [6.07, 6.45) is 2.29. The molecule has 0 radical (unpaired) electrons. The molecule has 0 aliphatic carbocycles. The van der Waals surface area contributed by atoms with Gasteiger partial charge in [-0.05, 0) is 18.8 Å². The van der Waals surface area contributed by atoms with Gasteiger partial charge in [0, 0.05) is 38.0 Å². The van der Waals surface area contributed by atoms with Gasteiger partial charge >= 0.3 is 0 Å². The van der Waals surface area contributed by atoms with Crippen LogP contribution in [-0.4, -0.2) is 42.4 Å². The van der Waals surface area contributed by atoms with Crippen LogP contribution in [0.25, 0.3) is 0 Å². The molecule has 0 bridgehead atoms. The number of nitrogens with zero attached hydrogens (tertiary/aromatic N) is 1. The van der Waals surface area contributed by atoms with Crippen LogP contribution in [0.3, 0.4) is 0 Å². The first-order valence-corrected chi connectivity index (χ1v) is 7.22. The second-order valence-electron chi connectivity index (χ2n) is 5.90. The fraction of sp³-hybridized carbons (Fsp3) is 0.857. The lowest BCUT2D eigenvalue weighted by atomic mass is 10.0. The van der Waals surface area contributed by atoms with E-state index in [9.17, 15) is 9.59 Å². The van der Waals surface area contributed by atoms with Crippen molar-refractivity contribution in [2.24, 2.45) is 17.6 Å². The summed E-state index contributed by atoms with van der Waals surface area (Å²) in [5.41, 5.74) is 5.47. The molecule has 20 heavy (non-hydrogen) atoms. The van der Waals surface area contributed by atoms with E-state index >= 15 is 0 Å². The standard InChI is InChI=1S/C14H27N3O2.ClH/c1-10(2)8-13(18)17-6-4-12(5-7-17)16-14(19)11(3)9-15;/h10-12H,4-9,15H2,1-3H3,(H,16,19);1H. The molecular formula is C14H28ClN3O2. The molecule has 1 heterocycles. The minimum absolute atomic E-state index is 0. The largest absolute Gasteiger partial charge is 0.353 e. The molecule has 1 atom stereocenters. The maximum atomic E-state index is 11.9. The number of nitrogens with one attached hydrogen (secondary N) is 1. The number of carbonyl (C=O) groups is 2. The highest BCUT2D eigenvalue weighted by molar-refractivity contribution is 5.85. The van der Waals surface area contributed by atoms with Crippen LogP contribution in [0.4, 0.5) is 0 Å². The lowest BCUT2D eigenvalue weighted by molar-refractivity contribution is -0.133. The number of amides is 2.